The van der Waals surface area contributed by atoms with Gasteiger partial charge in [0.25, 0.3) is 0 Å². The minimum Gasteiger partial charge on any atom is -0.497 e. The van der Waals surface area contributed by atoms with Crippen molar-refractivity contribution in [2.45, 2.75) is 18.9 Å². The first-order valence-electron chi connectivity index (χ1n) is 7.39. The van der Waals surface area contributed by atoms with Gasteiger partial charge in [-0.25, -0.2) is 0 Å². The van der Waals surface area contributed by atoms with Crippen LogP contribution in [0.5, 0.6) is 5.75 Å². The third kappa shape index (κ3) is 6.30. The van der Waals surface area contributed by atoms with Crippen molar-refractivity contribution >= 4 is 18.3 Å². The zero-order valence-electron chi connectivity index (χ0n) is 13.2. The maximum atomic E-state index is 12.0. The Balaban J connectivity index is 0.00000264. The van der Waals surface area contributed by atoms with E-state index in [1.807, 2.05) is 54.6 Å². The average molecular weight is 335 g/mol. The molecular weight excluding hydrogens is 312 g/mol. The monoisotopic (exact) mass is 334 g/mol. The molecule has 0 spiro atoms. The van der Waals surface area contributed by atoms with Crippen LogP contribution < -0.4 is 15.8 Å². The summed E-state index contributed by atoms with van der Waals surface area (Å²) in [6.07, 6.45) is 1.32. The van der Waals surface area contributed by atoms with E-state index in [9.17, 15) is 4.79 Å². The summed E-state index contributed by atoms with van der Waals surface area (Å²) in [5.41, 5.74) is 8.16. The molecule has 0 aliphatic carbocycles. The van der Waals surface area contributed by atoms with E-state index in [1.165, 1.54) is 0 Å². The van der Waals surface area contributed by atoms with Gasteiger partial charge in [-0.05, 0) is 36.1 Å². The van der Waals surface area contributed by atoms with Crippen molar-refractivity contribution in [1.82, 2.24) is 5.32 Å². The third-order valence-corrected chi connectivity index (χ3v) is 3.51. The molecule has 0 heterocycles. The highest BCUT2D eigenvalue weighted by molar-refractivity contribution is 5.85. The molecule has 0 bridgehead atoms. The highest BCUT2D eigenvalue weighted by atomic mass is 35.5. The van der Waals surface area contributed by atoms with Crippen LogP contribution in [-0.4, -0.2) is 25.6 Å². The number of carbonyl (C=O) groups excluding carboxylic acids is 1. The van der Waals surface area contributed by atoms with Crippen molar-refractivity contribution in [2.75, 3.05) is 13.7 Å². The van der Waals surface area contributed by atoms with Crippen molar-refractivity contribution in [3.05, 3.63) is 65.7 Å². The number of methoxy groups -OCH3 is 1. The predicted octanol–water partition coefficient (Wildman–Crippen LogP) is 2.35. The summed E-state index contributed by atoms with van der Waals surface area (Å²) in [5.74, 6) is 0.718. The molecule has 0 saturated heterocycles. The molecule has 124 valence electrons. The molecule has 2 aromatic rings. The van der Waals surface area contributed by atoms with Crippen LogP contribution in [0.25, 0.3) is 0 Å². The lowest BCUT2D eigenvalue weighted by atomic mass is 10.1. The van der Waals surface area contributed by atoms with Gasteiger partial charge in [0.2, 0.25) is 5.91 Å². The summed E-state index contributed by atoms with van der Waals surface area (Å²) < 4.78 is 5.11. The van der Waals surface area contributed by atoms with Crippen LogP contribution >= 0.6 is 12.4 Å². The van der Waals surface area contributed by atoms with E-state index in [2.05, 4.69) is 5.32 Å². The number of nitrogens with two attached hydrogens (primary N) is 1. The second-order valence-corrected chi connectivity index (χ2v) is 5.19. The Kier molecular flexibility index (Phi) is 8.16. The summed E-state index contributed by atoms with van der Waals surface area (Å²) in [4.78, 5) is 12.0. The van der Waals surface area contributed by atoms with Gasteiger partial charge in [-0.3, -0.25) is 4.79 Å². The molecule has 5 heteroatoms. The molecular formula is C18H23ClN2O2. The highest BCUT2D eigenvalue weighted by Crippen LogP contribution is 2.11. The summed E-state index contributed by atoms with van der Waals surface area (Å²) in [6.45, 7) is 0.577. The topological polar surface area (TPSA) is 64.3 Å². The maximum absolute atomic E-state index is 12.0. The number of hydrogen-bond acceptors (Lipinski definition) is 3. The molecule has 0 saturated carbocycles. The Morgan fingerprint density at radius 1 is 1.09 bits per heavy atom. The van der Waals surface area contributed by atoms with Crippen molar-refractivity contribution in [2.24, 2.45) is 5.73 Å². The maximum Gasteiger partial charge on any atom is 0.237 e. The largest absolute Gasteiger partial charge is 0.497 e. The lowest BCUT2D eigenvalue weighted by Gasteiger charge is -2.12. The lowest BCUT2D eigenvalue weighted by molar-refractivity contribution is -0.122. The van der Waals surface area contributed by atoms with Gasteiger partial charge >= 0.3 is 0 Å². The molecule has 0 fully saturated rings. The third-order valence-electron chi connectivity index (χ3n) is 3.51. The van der Waals surface area contributed by atoms with Crippen LogP contribution in [0.3, 0.4) is 0 Å². The first-order valence-corrected chi connectivity index (χ1v) is 7.39. The molecule has 3 N–H and O–H groups in total. The number of rotatable bonds is 7. The summed E-state index contributed by atoms with van der Waals surface area (Å²) in [6, 6.07) is 17.1. The minimum atomic E-state index is -0.515. The van der Waals surface area contributed by atoms with Crippen molar-refractivity contribution in [1.29, 1.82) is 0 Å². The van der Waals surface area contributed by atoms with E-state index in [0.29, 0.717) is 13.0 Å². The van der Waals surface area contributed by atoms with Gasteiger partial charge in [-0.2, -0.15) is 0 Å². The number of nitrogens with one attached hydrogen (secondary N) is 1. The van der Waals surface area contributed by atoms with Crippen molar-refractivity contribution in [3.8, 4) is 5.75 Å². The SMILES string of the molecule is COc1ccc(CCNC(=O)[C@@H](N)Cc2ccccc2)cc1.Cl. The quantitative estimate of drug-likeness (QED) is 0.817. The standard InChI is InChI=1S/C18H22N2O2.ClH/c1-22-16-9-7-14(8-10-16)11-12-20-18(21)17(19)13-15-5-3-2-4-6-15;/h2-10,17H,11-13,19H2,1H3,(H,20,21);1H/t17-;/m0./s1. The van der Waals surface area contributed by atoms with Crippen LogP contribution in [0, 0.1) is 0 Å². The van der Waals surface area contributed by atoms with E-state index in [-0.39, 0.29) is 18.3 Å². The van der Waals surface area contributed by atoms with Crippen molar-refractivity contribution in [3.63, 3.8) is 0 Å². The highest BCUT2D eigenvalue weighted by Gasteiger charge is 2.13. The second kappa shape index (κ2) is 9.87. The fourth-order valence-corrected chi connectivity index (χ4v) is 2.21. The number of halogens is 1. The molecule has 2 rings (SSSR count). The van der Waals surface area contributed by atoms with Crippen LogP contribution in [-0.2, 0) is 17.6 Å². The number of hydrogen-bond donors (Lipinski definition) is 2. The number of amides is 1. The fourth-order valence-electron chi connectivity index (χ4n) is 2.21. The van der Waals surface area contributed by atoms with Gasteiger partial charge in [-0.15, -0.1) is 12.4 Å². The summed E-state index contributed by atoms with van der Waals surface area (Å²) >= 11 is 0. The van der Waals surface area contributed by atoms with E-state index in [1.54, 1.807) is 7.11 Å². The van der Waals surface area contributed by atoms with Gasteiger partial charge in [0, 0.05) is 6.54 Å². The molecule has 23 heavy (non-hydrogen) atoms. The minimum absolute atomic E-state index is 0. The van der Waals surface area contributed by atoms with Gasteiger partial charge in [0.05, 0.1) is 13.2 Å². The zero-order chi connectivity index (χ0) is 15.8. The molecule has 1 amide bonds. The molecule has 4 nitrogen and oxygen atoms in total. The Bertz CT molecular complexity index is 588. The van der Waals surface area contributed by atoms with Gasteiger partial charge in [0.1, 0.15) is 5.75 Å². The number of ether oxygens (including phenoxy) is 1. The zero-order valence-corrected chi connectivity index (χ0v) is 14.0. The molecule has 2 aromatic carbocycles. The molecule has 1 atom stereocenters. The van der Waals surface area contributed by atoms with Crippen LogP contribution in [0.1, 0.15) is 11.1 Å². The van der Waals surface area contributed by atoms with E-state index < -0.39 is 6.04 Å². The molecule has 0 radical (unpaired) electrons. The number of carbonyl (C=O) groups is 1. The number of benzene rings is 2. The Hall–Kier alpha value is -2.04. The van der Waals surface area contributed by atoms with Gasteiger partial charge in [0.15, 0.2) is 0 Å². The fraction of sp³-hybridized carbons (Fsp3) is 0.278. The van der Waals surface area contributed by atoms with Crippen LogP contribution in [0.2, 0.25) is 0 Å². The predicted molar refractivity (Wildman–Crippen MR) is 95.1 cm³/mol. The van der Waals surface area contributed by atoms with Crippen LogP contribution in [0.15, 0.2) is 54.6 Å². The normalized spacial score (nSPS) is 11.2. The van der Waals surface area contributed by atoms with E-state index >= 15 is 0 Å². The Labute approximate surface area is 143 Å². The first kappa shape index (κ1) is 19.0. The summed E-state index contributed by atoms with van der Waals surface area (Å²) in [5, 5.41) is 2.88. The van der Waals surface area contributed by atoms with E-state index in [4.69, 9.17) is 10.5 Å². The first-order chi connectivity index (χ1) is 10.7. The van der Waals surface area contributed by atoms with Gasteiger partial charge < -0.3 is 15.8 Å². The second-order valence-electron chi connectivity index (χ2n) is 5.19. The smallest absolute Gasteiger partial charge is 0.237 e. The lowest BCUT2D eigenvalue weighted by Crippen LogP contribution is -2.42. The Morgan fingerprint density at radius 3 is 2.35 bits per heavy atom. The van der Waals surface area contributed by atoms with Crippen molar-refractivity contribution < 1.29 is 9.53 Å². The molecule has 0 aliphatic heterocycles. The van der Waals surface area contributed by atoms with Gasteiger partial charge in [-0.1, -0.05) is 42.5 Å². The Morgan fingerprint density at radius 2 is 1.74 bits per heavy atom. The molecule has 0 unspecified atom stereocenters. The summed E-state index contributed by atoms with van der Waals surface area (Å²) in [7, 11) is 1.64. The molecule has 0 aliphatic rings. The average Bonchev–Trinajstić information content (AvgIpc) is 2.56. The van der Waals surface area contributed by atoms with Crippen LogP contribution in [0.4, 0.5) is 0 Å². The molecule has 0 aromatic heterocycles. The van der Waals surface area contributed by atoms with E-state index in [0.717, 1.165) is 23.3 Å².